The number of halogens is 2. The summed E-state index contributed by atoms with van der Waals surface area (Å²) in [5, 5.41) is 3.25. The average Bonchev–Trinajstić information content (AvgIpc) is 2.68. The number of methoxy groups -OCH3 is 1. The van der Waals surface area contributed by atoms with Gasteiger partial charge in [0.1, 0.15) is 11.6 Å². The Labute approximate surface area is 162 Å². The number of rotatable bonds is 4. The van der Waals surface area contributed by atoms with Crippen LogP contribution in [0.5, 0.6) is 5.75 Å². The van der Waals surface area contributed by atoms with Crippen LogP contribution in [0, 0.1) is 11.7 Å². The first kappa shape index (κ1) is 19.2. The number of carbonyl (C=O) groups is 2. The van der Waals surface area contributed by atoms with E-state index in [0.29, 0.717) is 41.5 Å². The summed E-state index contributed by atoms with van der Waals surface area (Å²) in [5.41, 5.74) is 0.993. The molecule has 2 aromatic rings. The molecule has 3 rings (SSSR count). The lowest BCUT2D eigenvalue weighted by atomic mass is 9.96. The lowest BCUT2D eigenvalue weighted by molar-refractivity contribution is -0.121. The van der Waals surface area contributed by atoms with E-state index in [1.807, 2.05) is 0 Å². The molecule has 5 nitrogen and oxygen atoms in total. The number of nitrogens with one attached hydrogen (secondary N) is 1. The Morgan fingerprint density at radius 1 is 1.22 bits per heavy atom. The average molecular weight is 391 g/mol. The molecule has 0 unspecified atom stereocenters. The first-order valence-electron chi connectivity index (χ1n) is 8.67. The second-order valence-electron chi connectivity index (χ2n) is 6.44. The van der Waals surface area contributed by atoms with Crippen molar-refractivity contribution in [3.8, 4) is 5.75 Å². The van der Waals surface area contributed by atoms with Crippen LogP contribution in [0.15, 0.2) is 42.5 Å². The molecule has 1 aliphatic heterocycles. The predicted molar refractivity (Wildman–Crippen MR) is 102 cm³/mol. The molecule has 0 radical (unpaired) electrons. The summed E-state index contributed by atoms with van der Waals surface area (Å²) in [5.74, 6) is -0.527. The van der Waals surface area contributed by atoms with E-state index in [2.05, 4.69) is 5.32 Å². The maximum atomic E-state index is 13.0. The molecule has 2 amide bonds. The van der Waals surface area contributed by atoms with Crippen molar-refractivity contribution in [1.29, 1.82) is 0 Å². The normalized spacial score (nSPS) is 16.7. The maximum Gasteiger partial charge on any atom is 0.253 e. The molecule has 0 bridgehead atoms. The first-order valence-corrected chi connectivity index (χ1v) is 9.05. The Morgan fingerprint density at radius 2 is 1.96 bits per heavy atom. The van der Waals surface area contributed by atoms with Gasteiger partial charge in [-0.05, 0) is 55.3 Å². The number of hydrogen-bond donors (Lipinski definition) is 1. The van der Waals surface area contributed by atoms with Crippen LogP contribution in [0.1, 0.15) is 23.2 Å². The molecule has 2 aromatic carbocycles. The molecule has 7 heteroatoms. The summed E-state index contributed by atoms with van der Waals surface area (Å²) in [7, 11) is 1.52. The largest absolute Gasteiger partial charge is 0.495 e. The lowest BCUT2D eigenvalue weighted by Gasteiger charge is -2.32. The molecule has 1 N–H and O–H groups in total. The van der Waals surface area contributed by atoms with Crippen molar-refractivity contribution in [1.82, 2.24) is 4.90 Å². The van der Waals surface area contributed by atoms with Crippen molar-refractivity contribution in [2.75, 3.05) is 25.5 Å². The van der Waals surface area contributed by atoms with Crippen LogP contribution in [-0.4, -0.2) is 36.9 Å². The van der Waals surface area contributed by atoms with Crippen LogP contribution in [-0.2, 0) is 4.79 Å². The fourth-order valence-electron chi connectivity index (χ4n) is 3.14. The van der Waals surface area contributed by atoms with E-state index in [-0.39, 0.29) is 23.5 Å². The molecule has 1 fully saturated rings. The Bertz CT molecular complexity index is 842. The van der Waals surface area contributed by atoms with Gasteiger partial charge in [-0.1, -0.05) is 11.6 Å². The number of ether oxygens (including phenoxy) is 1. The monoisotopic (exact) mass is 390 g/mol. The molecule has 0 saturated carbocycles. The molecular weight excluding hydrogens is 371 g/mol. The van der Waals surface area contributed by atoms with Crippen LogP contribution in [0.4, 0.5) is 10.1 Å². The third-order valence-electron chi connectivity index (χ3n) is 4.59. The highest BCUT2D eigenvalue weighted by atomic mass is 35.5. The fraction of sp³-hybridized carbons (Fsp3) is 0.300. The van der Waals surface area contributed by atoms with Crippen molar-refractivity contribution in [2.24, 2.45) is 5.92 Å². The summed E-state index contributed by atoms with van der Waals surface area (Å²) >= 11 is 6.09. The Kier molecular flexibility index (Phi) is 5.96. The topological polar surface area (TPSA) is 58.6 Å². The molecule has 0 aliphatic carbocycles. The summed E-state index contributed by atoms with van der Waals surface area (Å²) in [6.07, 6.45) is 1.43. The highest BCUT2D eigenvalue weighted by molar-refractivity contribution is 6.32. The van der Waals surface area contributed by atoms with Crippen LogP contribution >= 0.6 is 11.6 Å². The van der Waals surface area contributed by atoms with Crippen LogP contribution in [0.2, 0.25) is 5.02 Å². The number of nitrogens with zero attached hydrogens (tertiary/aromatic N) is 1. The van der Waals surface area contributed by atoms with E-state index >= 15 is 0 Å². The predicted octanol–water partition coefficient (Wildman–Crippen LogP) is 3.98. The molecule has 142 valence electrons. The molecular formula is C20H20ClFN2O3. The summed E-state index contributed by atoms with van der Waals surface area (Å²) in [6, 6.07) is 10.5. The summed E-state index contributed by atoms with van der Waals surface area (Å²) in [6.45, 7) is 0.903. The van der Waals surface area contributed by atoms with E-state index in [1.54, 1.807) is 23.1 Å². The van der Waals surface area contributed by atoms with E-state index in [0.717, 1.165) is 6.42 Å². The van der Waals surface area contributed by atoms with Gasteiger partial charge in [0.05, 0.1) is 18.1 Å². The van der Waals surface area contributed by atoms with Gasteiger partial charge in [0, 0.05) is 24.3 Å². The number of piperidine rings is 1. The van der Waals surface area contributed by atoms with E-state index in [1.165, 1.54) is 31.4 Å². The fourth-order valence-corrected chi connectivity index (χ4v) is 3.40. The first-order chi connectivity index (χ1) is 13.0. The third kappa shape index (κ3) is 4.57. The summed E-state index contributed by atoms with van der Waals surface area (Å²) in [4.78, 5) is 26.8. The Hall–Kier alpha value is -2.60. The minimum atomic E-state index is -0.388. The van der Waals surface area contributed by atoms with E-state index < -0.39 is 0 Å². The highest BCUT2D eigenvalue weighted by Gasteiger charge is 2.29. The minimum absolute atomic E-state index is 0.159. The summed E-state index contributed by atoms with van der Waals surface area (Å²) < 4.78 is 18.1. The zero-order valence-corrected chi connectivity index (χ0v) is 15.6. The van der Waals surface area contributed by atoms with Gasteiger partial charge in [-0.3, -0.25) is 9.59 Å². The van der Waals surface area contributed by atoms with Gasteiger partial charge in [0.25, 0.3) is 5.91 Å². The standard InChI is InChI=1S/C20H20ClFN2O3/c1-27-18-9-8-16(11-17(18)21)23-19(25)14-3-2-10-24(12-14)20(26)13-4-6-15(22)7-5-13/h4-9,11,14H,2-3,10,12H2,1H3,(H,23,25)/t14-/m0/s1. The van der Waals surface area contributed by atoms with Crippen molar-refractivity contribution in [2.45, 2.75) is 12.8 Å². The van der Waals surface area contributed by atoms with Gasteiger partial charge in [-0.15, -0.1) is 0 Å². The number of anilines is 1. The lowest BCUT2D eigenvalue weighted by Crippen LogP contribution is -2.43. The van der Waals surface area contributed by atoms with Gasteiger partial charge in [0.15, 0.2) is 0 Å². The molecule has 0 spiro atoms. The smallest absolute Gasteiger partial charge is 0.253 e. The molecule has 27 heavy (non-hydrogen) atoms. The van der Waals surface area contributed by atoms with Crippen molar-refractivity contribution in [3.63, 3.8) is 0 Å². The van der Waals surface area contributed by atoms with Crippen molar-refractivity contribution >= 4 is 29.1 Å². The number of hydrogen-bond acceptors (Lipinski definition) is 3. The molecule has 1 heterocycles. The quantitative estimate of drug-likeness (QED) is 0.859. The number of carbonyl (C=O) groups excluding carboxylic acids is 2. The van der Waals surface area contributed by atoms with Crippen molar-refractivity contribution < 1.29 is 18.7 Å². The van der Waals surface area contributed by atoms with Gasteiger partial charge in [-0.25, -0.2) is 4.39 Å². The minimum Gasteiger partial charge on any atom is -0.495 e. The maximum absolute atomic E-state index is 13.0. The number of amides is 2. The van der Waals surface area contributed by atoms with Crippen LogP contribution in [0.25, 0.3) is 0 Å². The van der Waals surface area contributed by atoms with Crippen LogP contribution in [0.3, 0.4) is 0 Å². The Balaban J connectivity index is 1.64. The zero-order chi connectivity index (χ0) is 19.4. The molecule has 1 saturated heterocycles. The SMILES string of the molecule is COc1ccc(NC(=O)[C@H]2CCCN(C(=O)c3ccc(F)cc3)C2)cc1Cl. The molecule has 0 aromatic heterocycles. The van der Waals surface area contributed by atoms with Gasteiger partial charge >= 0.3 is 0 Å². The highest BCUT2D eigenvalue weighted by Crippen LogP contribution is 2.28. The second-order valence-corrected chi connectivity index (χ2v) is 6.84. The number of likely N-dealkylation sites (tertiary alicyclic amines) is 1. The van der Waals surface area contributed by atoms with Gasteiger partial charge < -0.3 is 15.0 Å². The number of benzene rings is 2. The van der Waals surface area contributed by atoms with Crippen LogP contribution < -0.4 is 10.1 Å². The second kappa shape index (κ2) is 8.39. The van der Waals surface area contributed by atoms with Crippen molar-refractivity contribution in [3.05, 3.63) is 58.9 Å². The molecule has 1 aliphatic rings. The zero-order valence-electron chi connectivity index (χ0n) is 14.9. The Morgan fingerprint density at radius 3 is 2.63 bits per heavy atom. The molecule has 1 atom stereocenters. The van der Waals surface area contributed by atoms with E-state index in [9.17, 15) is 14.0 Å². The van der Waals surface area contributed by atoms with Gasteiger partial charge in [0.2, 0.25) is 5.91 Å². The third-order valence-corrected chi connectivity index (χ3v) is 4.89. The van der Waals surface area contributed by atoms with Gasteiger partial charge in [-0.2, -0.15) is 0 Å². The van der Waals surface area contributed by atoms with E-state index in [4.69, 9.17) is 16.3 Å².